The van der Waals surface area contributed by atoms with Crippen molar-refractivity contribution in [3.63, 3.8) is 0 Å². The lowest BCUT2D eigenvalue weighted by atomic mass is 10.1. The summed E-state index contributed by atoms with van der Waals surface area (Å²) in [5, 5.41) is 0. The van der Waals surface area contributed by atoms with Crippen LogP contribution in [0.3, 0.4) is 0 Å². The summed E-state index contributed by atoms with van der Waals surface area (Å²) in [7, 11) is 0. The number of fused-ring (bicyclic) bond motifs is 2. The molecule has 1 aromatic carbocycles. The van der Waals surface area contributed by atoms with E-state index in [1.54, 1.807) is 30.3 Å². The first-order valence-electron chi connectivity index (χ1n) is 10.7. The van der Waals surface area contributed by atoms with Gasteiger partial charge in [-0.15, -0.1) is 0 Å². The van der Waals surface area contributed by atoms with Crippen LogP contribution in [0.5, 0.6) is 11.6 Å². The Kier molecular flexibility index (Phi) is 5.11. The van der Waals surface area contributed by atoms with Gasteiger partial charge in [-0.2, -0.15) is 17.6 Å². The number of alkyl halides is 4. The number of carbonyl (C=O) groups is 2. The first-order chi connectivity index (χ1) is 16.5. The van der Waals surface area contributed by atoms with Crippen LogP contribution < -0.4 is 9.47 Å². The van der Waals surface area contributed by atoms with E-state index in [4.69, 9.17) is 9.47 Å². The summed E-state index contributed by atoms with van der Waals surface area (Å²) < 4.78 is 68.2. The van der Waals surface area contributed by atoms with Crippen molar-refractivity contribution in [2.24, 2.45) is 0 Å². The van der Waals surface area contributed by atoms with Gasteiger partial charge in [-0.05, 0) is 38.1 Å². The van der Waals surface area contributed by atoms with Crippen molar-refractivity contribution in [2.45, 2.75) is 38.4 Å². The Morgan fingerprint density at radius 3 is 2.60 bits per heavy atom. The largest absolute Gasteiger partial charge is 0.472 e. The minimum Gasteiger partial charge on any atom is -0.472 e. The lowest BCUT2D eigenvalue weighted by Crippen LogP contribution is -2.51. The fourth-order valence-corrected chi connectivity index (χ4v) is 4.37. The van der Waals surface area contributed by atoms with Gasteiger partial charge in [0.05, 0.1) is 6.04 Å². The van der Waals surface area contributed by atoms with Gasteiger partial charge in [0, 0.05) is 35.1 Å². The number of ether oxygens (including phenoxy) is 2. The number of hydrogen-bond acceptors (Lipinski definition) is 5. The highest BCUT2D eigenvalue weighted by atomic mass is 19.3. The van der Waals surface area contributed by atoms with Crippen LogP contribution in [0.4, 0.5) is 17.6 Å². The number of benzene rings is 1. The van der Waals surface area contributed by atoms with Gasteiger partial charge in [0.15, 0.2) is 12.3 Å². The molecule has 1 unspecified atom stereocenters. The van der Waals surface area contributed by atoms with Crippen LogP contribution in [0.15, 0.2) is 48.7 Å². The van der Waals surface area contributed by atoms with E-state index in [9.17, 15) is 27.2 Å². The maximum atomic E-state index is 14.8. The molecule has 35 heavy (non-hydrogen) atoms. The summed E-state index contributed by atoms with van der Waals surface area (Å²) in [4.78, 5) is 31.2. The molecule has 182 valence electrons. The van der Waals surface area contributed by atoms with Crippen molar-refractivity contribution in [3.8, 4) is 11.6 Å². The minimum atomic E-state index is -4.56. The predicted molar refractivity (Wildman–Crippen MR) is 114 cm³/mol. The van der Waals surface area contributed by atoms with E-state index in [1.165, 1.54) is 37.1 Å². The molecule has 2 aliphatic rings. The Hall–Kier alpha value is -3.89. The number of nitrogens with zero attached hydrogens (tertiary/aromatic N) is 3. The lowest BCUT2D eigenvalue weighted by molar-refractivity contribution is -0.287. The Bertz CT molecular complexity index is 1340. The minimum absolute atomic E-state index is 0.0945. The molecule has 3 aromatic rings. The summed E-state index contributed by atoms with van der Waals surface area (Å²) in [5.41, 5.74) is 0.343. The van der Waals surface area contributed by atoms with Crippen molar-refractivity contribution in [2.75, 3.05) is 6.61 Å². The molecule has 0 fully saturated rings. The molecule has 1 atom stereocenters. The first kappa shape index (κ1) is 22.9. The molecule has 0 spiro atoms. The molecule has 0 bridgehead atoms. The Labute approximate surface area is 196 Å². The number of hydrogen-bond donors (Lipinski definition) is 0. The average molecular weight is 489 g/mol. The second-order valence-corrected chi connectivity index (χ2v) is 8.42. The van der Waals surface area contributed by atoms with Gasteiger partial charge in [0.2, 0.25) is 5.88 Å². The third-order valence-corrected chi connectivity index (χ3v) is 6.19. The number of aromatic nitrogens is 2. The van der Waals surface area contributed by atoms with Gasteiger partial charge in [0.25, 0.3) is 5.91 Å². The van der Waals surface area contributed by atoms with Crippen molar-refractivity contribution < 1.29 is 36.6 Å². The molecule has 2 aliphatic heterocycles. The fraction of sp³-hybridized carbons (Fsp3) is 0.292. The summed E-state index contributed by atoms with van der Waals surface area (Å²) in [6, 6.07) is 5.38. The Balaban J connectivity index is 1.49. The average Bonchev–Trinajstić information content (AvgIpc) is 3.34. The molecule has 0 radical (unpaired) electrons. The zero-order chi connectivity index (χ0) is 25.1. The van der Waals surface area contributed by atoms with E-state index in [0.29, 0.717) is 0 Å². The van der Waals surface area contributed by atoms with Crippen LogP contribution in [-0.2, 0) is 12.6 Å². The van der Waals surface area contributed by atoms with E-state index < -0.39 is 36.5 Å². The monoisotopic (exact) mass is 489 g/mol. The third-order valence-electron chi connectivity index (χ3n) is 6.19. The van der Waals surface area contributed by atoms with Crippen LogP contribution in [0.1, 0.15) is 50.6 Å². The highest BCUT2D eigenvalue weighted by Gasteiger charge is 2.63. The molecule has 1 amide bonds. The first-order valence-corrected chi connectivity index (χ1v) is 10.7. The number of halogens is 4. The third kappa shape index (κ3) is 3.44. The van der Waals surface area contributed by atoms with Crippen molar-refractivity contribution in [1.82, 2.24) is 14.5 Å². The molecule has 7 nitrogen and oxygen atoms in total. The molecule has 11 heteroatoms. The molecular weight excluding hydrogens is 470 g/mol. The number of carbonyl (C=O) groups excluding carboxylic acids is 2. The van der Waals surface area contributed by atoms with E-state index in [2.05, 4.69) is 4.98 Å². The zero-order valence-electron chi connectivity index (χ0n) is 18.6. The highest BCUT2D eigenvalue weighted by molar-refractivity contribution is 6.02. The molecule has 0 aliphatic carbocycles. The fourth-order valence-electron chi connectivity index (χ4n) is 4.37. The Morgan fingerprint density at radius 1 is 1.17 bits per heavy atom. The van der Waals surface area contributed by atoms with Gasteiger partial charge in [-0.3, -0.25) is 4.79 Å². The molecular formula is C24H19F4N3O4. The maximum absolute atomic E-state index is 14.8. The van der Waals surface area contributed by atoms with Crippen molar-refractivity contribution >= 4 is 11.9 Å². The predicted octanol–water partition coefficient (Wildman–Crippen LogP) is 4.70. The highest BCUT2D eigenvalue weighted by Crippen LogP contribution is 2.49. The van der Waals surface area contributed by atoms with E-state index in [1.807, 2.05) is 0 Å². The second-order valence-electron chi connectivity index (χ2n) is 8.42. The van der Waals surface area contributed by atoms with Crippen LogP contribution in [0, 0.1) is 6.92 Å². The quantitative estimate of drug-likeness (QED) is 0.302. The number of para-hydroxylation sites is 1. The molecule has 2 aromatic heterocycles. The van der Waals surface area contributed by atoms with E-state index in [-0.39, 0.29) is 50.8 Å². The summed E-state index contributed by atoms with van der Waals surface area (Å²) in [6.45, 7) is 1.31. The van der Waals surface area contributed by atoms with Gasteiger partial charge in [-0.25, -0.2) is 14.3 Å². The summed E-state index contributed by atoms with van der Waals surface area (Å²) >= 11 is 0. The van der Waals surface area contributed by atoms with Gasteiger partial charge in [-0.1, -0.05) is 18.2 Å². The summed E-state index contributed by atoms with van der Waals surface area (Å²) in [5.74, 6) is -5.86. The zero-order valence-corrected chi connectivity index (χ0v) is 18.6. The van der Waals surface area contributed by atoms with Crippen LogP contribution in [-0.4, -0.2) is 38.9 Å². The normalized spacial score (nSPS) is 18.5. The van der Waals surface area contributed by atoms with Crippen LogP contribution >= 0.6 is 0 Å². The van der Waals surface area contributed by atoms with Gasteiger partial charge >= 0.3 is 17.9 Å². The molecule has 0 saturated carbocycles. The standard InChI is InChI=1S/C24H19F4N3O4/c1-13-10-18(31-21(13)34-12-23(25,26)24(31,27)28)14(2)30-11-17-16(20(30)32)8-9-29-19(17)22(33)35-15-6-4-3-5-7-15/h3-10,14H,11-12H2,1-2H3. The topological polar surface area (TPSA) is 73.7 Å². The number of aryl methyl sites for hydroxylation is 1. The van der Waals surface area contributed by atoms with E-state index in [0.717, 1.165) is 0 Å². The van der Waals surface area contributed by atoms with E-state index >= 15 is 0 Å². The SMILES string of the molecule is Cc1cc(C(C)N2Cc3c(ccnc3C(=O)Oc3ccccc3)C2=O)n2c1OCC(F)(F)C2(F)F. The second kappa shape index (κ2) is 7.82. The Morgan fingerprint density at radius 2 is 1.89 bits per heavy atom. The smallest absolute Gasteiger partial charge is 0.398 e. The molecule has 0 saturated heterocycles. The van der Waals surface area contributed by atoms with Crippen LogP contribution in [0.25, 0.3) is 0 Å². The van der Waals surface area contributed by atoms with Crippen molar-refractivity contribution in [1.29, 1.82) is 0 Å². The lowest BCUT2D eigenvalue weighted by Gasteiger charge is -2.36. The molecule has 0 N–H and O–H groups in total. The summed E-state index contributed by atoms with van der Waals surface area (Å²) in [6.07, 6.45) is 1.28. The van der Waals surface area contributed by atoms with Gasteiger partial charge < -0.3 is 14.4 Å². The van der Waals surface area contributed by atoms with Crippen LogP contribution in [0.2, 0.25) is 0 Å². The maximum Gasteiger partial charge on any atom is 0.398 e. The molecule has 4 heterocycles. The number of esters is 1. The number of amides is 1. The number of pyridine rings is 1. The van der Waals surface area contributed by atoms with Gasteiger partial charge in [0.1, 0.15) is 5.75 Å². The van der Waals surface area contributed by atoms with Crippen molar-refractivity contribution in [3.05, 3.63) is 76.7 Å². The number of rotatable bonds is 4. The molecule has 5 rings (SSSR count).